The summed E-state index contributed by atoms with van der Waals surface area (Å²) in [6.07, 6.45) is 8.65. The highest BCUT2D eigenvalue weighted by Gasteiger charge is 2.20. The Morgan fingerprint density at radius 2 is 1.85 bits per heavy atom. The van der Waals surface area contributed by atoms with Gasteiger partial charge in [0.15, 0.2) is 0 Å². The van der Waals surface area contributed by atoms with Crippen LogP contribution in [0.25, 0.3) is 0 Å². The second-order valence-electron chi connectivity index (χ2n) is 7.16. The number of carbonyl (C=O) groups excluding carboxylic acids is 2. The predicted octanol–water partition coefficient (Wildman–Crippen LogP) is 4.12. The van der Waals surface area contributed by atoms with Crippen LogP contribution in [0.4, 0.5) is 5.69 Å². The lowest BCUT2D eigenvalue weighted by atomic mass is 9.95. The van der Waals surface area contributed by atoms with Crippen molar-refractivity contribution >= 4 is 17.5 Å². The van der Waals surface area contributed by atoms with Crippen LogP contribution in [0.5, 0.6) is 0 Å². The van der Waals surface area contributed by atoms with E-state index in [-0.39, 0.29) is 17.9 Å². The molecule has 2 aromatic rings. The molecular weight excluding hydrogens is 338 g/mol. The Bertz CT molecular complexity index is 813. The quantitative estimate of drug-likeness (QED) is 0.867. The fourth-order valence-electron chi connectivity index (χ4n) is 3.59. The van der Waals surface area contributed by atoms with Crippen molar-refractivity contribution in [2.24, 2.45) is 0 Å². The molecule has 1 fully saturated rings. The molecule has 3 rings (SSSR count). The number of carbonyl (C=O) groups is 2. The van der Waals surface area contributed by atoms with Gasteiger partial charge < -0.3 is 10.2 Å². The second-order valence-corrected chi connectivity index (χ2v) is 7.16. The van der Waals surface area contributed by atoms with E-state index in [1.54, 1.807) is 11.0 Å². The van der Waals surface area contributed by atoms with Crippen molar-refractivity contribution in [3.8, 4) is 0 Å². The van der Waals surface area contributed by atoms with Gasteiger partial charge in [0, 0.05) is 30.7 Å². The predicted molar refractivity (Wildman–Crippen MR) is 107 cm³/mol. The minimum Gasteiger partial charge on any atom is -0.349 e. The Morgan fingerprint density at radius 3 is 2.56 bits per heavy atom. The Labute approximate surface area is 160 Å². The number of amides is 2. The topological polar surface area (TPSA) is 62.3 Å². The first-order chi connectivity index (χ1) is 13.1. The molecule has 142 valence electrons. The minimum atomic E-state index is -0.150. The Morgan fingerprint density at radius 1 is 1.11 bits per heavy atom. The van der Waals surface area contributed by atoms with Gasteiger partial charge in [0.1, 0.15) is 0 Å². The highest BCUT2D eigenvalue weighted by Crippen LogP contribution is 2.20. The summed E-state index contributed by atoms with van der Waals surface area (Å²) >= 11 is 0. The fourth-order valence-corrected chi connectivity index (χ4v) is 3.59. The van der Waals surface area contributed by atoms with Crippen molar-refractivity contribution in [3.05, 3.63) is 59.4 Å². The average molecular weight is 365 g/mol. The number of nitrogens with one attached hydrogen (secondary N) is 1. The number of hydrogen-bond acceptors (Lipinski definition) is 3. The summed E-state index contributed by atoms with van der Waals surface area (Å²) in [5, 5.41) is 3.08. The Hall–Kier alpha value is -2.69. The summed E-state index contributed by atoms with van der Waals surface area (Å²) in [7, 11) is 0. The molecular formula is C22H27N3O2. The molecule has 1 aliphatic carbocycles. The summed E-state index contributed by atoms with van der Waals surface area (Å²) in [5.74, 6) is -0.300. The van der Waals surface area contributed by atoms with Crippen molar-refractivity contribution < 1.29 is 9.59 Å². The van der Waals surface area contributed by atoms with Gasteiger partial charge in [-0.15, -0.1) is 0 Å². The van der Waals surface area contributed by atoms with Crippen LogP contribution in [0, 0.1) is 6.92 Å². The molecule has 27 heavy (non-hydrogen) atoms. The summed E-state index contributed by atoms with van der Waals surface area (Å²) in [5.41, 5.74) is 2.80. The maximum absolute atomic E-state index is 13.0. The molecule has 1 aromatic heterocycles. The van der Waals surface area contributed by atoms with Crippen molar-refractivity contribution in [3.63, 3.8) is 0 Å². The number of nitrogens with zero attached hydrogens (tertiary/aromatic N) is 2. The van der Waals surface area contributed by atoms with E-state index in [2.05, 4.69) is 10.3 Å². The van der Waals surface area contributed by atoms with E-state index in [4.69, 9.17) is 0 Å². The van der Waals surface area contributed by atoms with E-state index < -0.39 is 0 Å². The monoisotopic (exact) mass is 365 g/mol. The summed E-state index contributed by atoms with van der Waals surface area (Å²) in [6.45, 7) is 4.48. The smallest absolute Gasteiger partial charge is 0.259 e. The Balaban J connectivity index is 1.77. The molecule has 0 atom stereocenters. The van der Waals surface area contributed by atoms with Crippen molar-refractivity contribution in [2.75, 3.05) is 11.4 Å². The number of pyridine rings is 1. The molecule has 2 amide bonds. The van der Waals surface area contributed by atoms with Crippen LogP contribution < -0.4 is 10.2 Å². The SMILES string of the molecule is CCN(C(=O)c1cncc(C(=O)NC2CCCCC2)c1)c1cccc(C)c1. The zero-order chi connectivity index (χ0) is 19.2. The number of anilines is 1. The van der Waals surface area contributed by atoms with Gasteiger partial charge in [0.2, 0.25) is 0 Å². The molecule has 1 aromatic carbocycles. The number of rotatable bonds is 5. The van der Waals surface area contributed by atoms with Crippen LogP contribution in [0.15, 0.2) is 42.7 Å². The van der Waals surface area contributed by atoms with Crippen LogP contribution in [0.3, 0.4) is 0 Å². The summed E-state index contributed by atoms with van der Waals surface area (Å²) in [6, 6.07) is 9.71. The number of aromatic nitrogens is 1. The number of benzene rings is 1. The molecule has 0 saturated heterocycles. The van der Waals surface area contributed by atoms with Crippen LogP contribution >= 0.6 is 0 Å². The zero-order valence-corrected chi connectivity index (χ0v) is 16.1. The molecule has 5 nitrogen and oxygen atoms in total. The van der Waals surface area contributed by atoms with Gasteiger partial charge in [-0.25, -0.2) is 0 Å². The molecule has 0 unspecified atom stereocenters. The van der Waals surface area contributed by atoms with Gasteiger partial charge in [0.25, 0.3) is 11.8 Å². The van der Waals surface area contributed by atoms with E-state index in [9.17, 15) is 9.59 Å². The van der Waals surface area contributed by atoms with Crippen molar-refractivity contribution in [1.29, 1.82) is 0 Å². The van der Waals surface area contributed by atoms with E-state index in [0.29, 0.717) is 17.7 Å². The maximum Gasteiger partial charge on any atom is 0.259 e. The zero-order valence-electron chi connectivity index (χ0n) is 16.1. The lowest BCUT2D eigenvalue weighted by Crippen LogP contribution is -2.36. The van der Waals surface area contributed by atoms with Gasteiger partial charge in [-0.3, -0.25) is 14.6 Å². The highest BCUT2D eigenvalue weighted by molar-refractivity contribution is 6.07. The first-order valence-electron chi connectivity index (χ1n) is 9.73. The molecule has 1 aliphatic rings. The molecule has 5 heteroatoms. The summed E-state index contributed by atoms with van der Waals surface area (Å²) < 4.78 is 0. The second kappa shape index (κ2) is 8.80. The van der Waals surface area contributed by atoms with Crippen LogP contribution in [0.2, 0.25) is 0 Å². The Kier molecular flexibility index (Phi) is 6.22. The van der Waals surface area contributed by atoms with Gasteiger partial charge >= 0.3 is 0 Å². The van der Waals surface area contributed by atoms with Crippen LogP contribution in [-0.2, 0) is 0 Å². The lowest BCUT2D eigenvalue weighted by molar-refractivity contribution is 0.0927. The molecule has 0 bridgehead atoms. The molecule has 1 saturated carbocycles. The maximum atomic E-state index is 13.0. The first-order valence-corrected chi connectivity index (χ1v) is 9.73. The fraction of sp³-hybridized carbons (Fsp3) is 0.409. The lowest BCUT2D eigenvalue weighted by Gasteiger charge is -2.23. The van der Waals surface area contributed by atoms with Gasteiger partial charge in [-0.2, -0.15) is 0 Å². The standard InChI is InChI=1S/C22H27N3O2/c1-3-25(20-11-7-8-16(2)12-20)22(27)18-13-17(14-23-15-18)21(26)24-19-9-5-4-6-10-19/h7-8,11-15,19H,3-6,9-10H2,1-2H3,(H,24,26). The van der Waals surface area contributed by atoms with E-state index >= 15 is 0 Å². The third-order valence-electron chi connectivity index (χ3n) is 5.06. The van der Waals surface area contributed by atoms with E-state index in [0.717, 1.165) is 36.9 Å². The third-order valence-corrected chi connectivity index (χ3v) is 5.06. The number of hydrogen-bond donors (Lipinski definition) is 1. The summed E-state index contributed by atoms with van der Waals surface area (Å²) in [4.78, 5) is 31.4. The molecule has 0 radical (unpaired) electrons. The molecule has 0 spiro atoms. The van der Waals surface area contributed by atoms with Gasteiger partial charge in [0.05, 0.1) is 11.1 Å². The van der Waals surface area contributed by atoms with E-state index in [1.807, 2.05) is 38.1 Å². The minimum absolute atomic E-state index is 0.150. The van der Waals surface area contributed by atoms with Crippen LogP contribution in [0.1, 0.15) is 65.3 Å². The van der Waals surface area contributed by atoms with Crippen LogP contribution in [-0.4, -0.2) is 29.4 Å². The van der Waals surface area contributed by atoms with Crippen molar-refractivity contribution in [2.45, 2.75) is 52.0 Å². The number of aryl methyl sites for hydroxylation is 1. The van der Waals surface area contributed by atoms with Crippen molar-refractivity contribution in [1.82, 2.24) is 10.3 Å². The third kappa shape index (κ3) is 4.73. The normalized spacial score (nSPS) is 14.6. The first kappa shape index (κ1) is 19.1. The van der Waals surface area contributed by atoms with Gasteiger partial charge in [-0.05, 0) is 50.5 Å². The highest BCUT2D eigenvalue weighted by atomic mass is 16.2. The molecule has 0 aliphatic heterocycles. The van der Waals surface area contributed by atoms with E-state index in [1.165, 1.54) is 18.8 Å². The molecule has 1 N–H and O–H groups in total. The van der Waals surface area contributed by atoms with Gasteiger partial charge in [-0.1, -0.05) is 31.4 Å². The molecule has 1 heterocycles. The largest absolute Gasteiger partial charge is 0.349 e. The average Bonchev–Trinajstić information content (AvgIpc) is 2.69.